The monoisotopic (exact) mass is 237 g/mol. The van der Waals surface area contributed by atoms with Crippen LogP contribution in [0.15, 0.2) is 18.5 Å². The molecule has 0 bridgehead atoms. The summed E-state index contributed by atoms with van der Waals surface area (Å²) in [6, 6.07) is 1.71. The molecule has 0 aromatic carbocycles. The Balaban J connectivity index is 2.81. The largest absolute Gasteiger partial charge is 0.371 e. The number of aromatic nitrogens is 2. The van der Waals surface area contributed by atoms with Gasteiger partial charge in [0.2, 0.25) is 5.95 Å². The van der Waals surface area contributed by atoms with Crippen molar-refractivity contribution >= 4 is 11.9 Å². The van der Waals surface area contributed by atoms with E-state index in [9.17, 15) is 4.79 Å². The number of hydrogen-bond donors (Lipinski definition) is 0. The highest BCUT2D eigenvalue weighted by atomic mass is 16.5. The molecule has 0 spiro atoms. The van der Waals surface area contributed by atoms with Gasteiger partial charge >= 0.3 is 0 Å². The van der Waals surface area contributed by atoms with Crippen molar-refractivity contribution in [2.24, 2.45) is 5.92 Å². The highest BCUT2D eigenvalue weighted by molar-refractivity contribution is 5.94. The number of anilines is 1. The molecule has 1 rings (SSSR count). The van der Waals surface area contributed by atoms with Crippen LogP contribution in [0.3, 0.4) is 0 Å². The second kappa shape index (κ2) is 6.30. The second-order valence-electron chi connectivity index (χ2n) is 3.99. The molecular formula is C12H19N3O2. The van der Waals surface area contributed by atoms with Gasteiger partial charge in [0.25, 0.3) is 5.91 Å². The fraction of sp³-hybridized carbons (Fsp3) is 0.583. The molecule has 0 radical (unpaired) electrons. The Morgan fingerprint density at radius 3 is 2.53 bits per heavy atom. The molecule has 0 saturated heterocycles. The summed E-state index contributed by atoms with van der Waals surface area (Å²) in [5.41, 5.74) is 0. The molecule has 0 aliphatic heterocycles. The Morgan fingerprint density at radius 1 is 1.47 bits per heavy atom. The number of amides is 1. The lowest BCUT2D eigenvalue weighted by Gasteiger charge is -2.25. The summed E-state index contributed by atoms with van der Waals surface area (Å²) in [4.78, 5) is 21.7. The Morgan fingerprint density at radius 2 is 2.06 bits per heavy atom. The van der Waals surface area contributed by atoms with E-state index in [4.69, 9.17) is 4.74 Å². The van der Waals surface area contributed by atoms with Crippen LogP contribution in [0.4, 0.5) is 5.95 Å². The molecule has 1 aromatic rings. The highest BCUT2D eigenvalue weighted by Gasteiger charge is 2.28. The van der Waals surface area contributed by atoms with Crippen LogP contribution in [-0.2, 0) is 9.53 Å². The summed E-state index contributed by atoms with van der Waals surface area (Å²) in [5, 5.41) is 0. The molecular weight excluding hydrogens is 218 g/mol. The van der Waals surface area contributed by atoms with E-state index in [-0.39, 0.29) is 11.8 Å². The average Bonchev–Trinajstić information content (AvgIpc) is 2.39. The number of likely N-dealkylation sites (N-methyl/N-ethyl adjacent to an activating group) is 1. The quantitative estimate of drug-likeness (QED) is 0.778. The van der Waals surface area contributed by atoms with Crippen LogP contribution in [-0.4, -0.2) is 36.1 Å². The van der Waals surface area contributed by atoms with Crippen LogP contribution in [0.5, 0.6) is 0 Å². The minimum atomic E-state index is -0.450. The lowest BCUT2D eigenvalue weighted by molar-refractivity contribution is -0.130. The highest BCUT2D eigenvalue weighted by Crippen LogP contribution is 2.15. The van der Waals surface area contributed by atoms with Crippen molar-refractivity contribution in [2.45, 2.75) is 26.4 Å². The SMILES string of the molecule is CCC(C)C(OC)C(=O)N(C)c1ncccn1. The molecule has 0 aliphatic rings. The Labute approximate surface area is 102 Å². The van der Waals surface area contributed by atoms with Crippen molar-refractivity contribution in [1.29, 1.82) is 0 Å². The summed E-state index contributed by atoms with van der Waals surface area (Å²) >= 11 is 0. The van der Waals surface area contributed by atoms with E-state index in [2.05, 4.69) is 9.97 Å². The Kier molecular flexibility index (Phi) is 5.03. The van der Waals surface area contributed by atoms with Crippen molar-refractivity contribution in [1.82, 2.24) is 9.97 Å². The number of rotatable bonds is 5. The number of hydrogen-bond acceptors (Lipinski definition) is 4. The van der Waals surface area contributed by atoms with Crippen LogP contribution in [0.1, 0.15) is 20.3 Å². The van der Waals surface area contributed by atoms with Gasteiger partial charge in [-0.3, -0.25) is 9.69 Å². The first-order valence-corrected chi connectivity index (χ1v) is 5.69. The Bertz CT molecular complexity index is 356. The molecule has 1 heterocycles. The summed E-state index contributed by atoms with van der Waals surface area (Å²) in [6.45, 7) is 4.02. The minimum Gasteiger partial charge on any atom is -0.371 e. The maximum absolute atomic E-state index is 12.2. The molecule has 2 atom stereocenters. The van der Waals surface area contributed by atoms with Gasteiger partial charge in [0.05, 0.1) is 0 Å². The third kappa shape index (κ3) is 3.23. The van der Waals surface area contributed by atoms with E-state index < -0.39 is 6.10 Å². The van der Waals surface area contributed by atoms with E-state index in [1.165, 1.54) is 4.90 Å². The van der Waals surface area contributed by atoms with Gasteiger partial charge in [0.15, 0.2) is 0 Å². The van der Waals surface area contributed by atoms with E-state index in [1.54, 1.807) is 32.6 Å². The van der Waals surface area contributed by atoms with E-state index in [1.807, 2.05) is 13.8 Å². The van der Waals surface area contributed by atoms with Crippen molar-refractivity contribution in [3.63, 3.8) is 0 Å². The number of carbonyl (C=O) groups is 1. The predicted octanol–water partition coefficient (Wildman–Crippen LogP) is 1.50. The third-order valence-electron chi connectivity index (χ3n) is 2.84. The van der Waals surface area contributed by atoms with Crippen molar-refractivity contribution < 1.29 is 9.53 Å². The van der Waals surface area contributed by atoms with Gasteiger partial charge in [-0.05, 0) is 12.0 Å². The number of ether oxygens (including phenoxy) is 1. The zero-order chi connectivity index (χ0) is 12.8. The van der Waals surface area contributed by atoms with Gasteiger partial charge in [-0.2, -0.15) is 0 Å². The molecule has 0 saturated carbocycles. The van der Waals surface area contributed by atoms with Gasteiger partial charge in [0, 0.05) is 26.6 Å². The third-order valence-corrected chi connectivity index (χ3v) is 2.84. The molecule has 1 aromatic heterocycles. The number of carbonyl (C=O) groups excluding carboxylic acids is 1. The predicted molar refractivity (Wildman–Crippen MR) is 65.7 cm³/mol. The van der Waals surface area contributed by atoms with Crippen LogP contribution in [0.2, 0.25) is 0 Å². The van der Waals surface area contributed by atoms with Gasteiger partial charge < -0.3 is 4.74 Å². The van der Waals surface area contributed by atoms with Gasteiger partial charge in [0.1, 0.15) is 6.10 Å². The van der Waals surface area contributed by atoms with Gasteiger partial charge in [-0.15, -0.1) is 0 Å². The molecule has 5 nitrogen and oxygen atoms in total. The lowest BCUT2D eigenvalue weighted by atomic mass is 10.0. The van der Waals surface area contributed by atoms with Crippen LogP contribution < -0.4 is 4.90 Å². The van der Waals surface area contributed by atoms with Crippen molar-refractivity contribution in [2.75, 3.05) is 19.1 Å². The standard InChI is InChI=1S/C12H19N3O2/c1-5-9(2)10(17-4)11(16)15(3)12-13-7-6-8-14-12/h6-10H,5H2,1-4H3. The zero-order valence-corrected chi connectivity index (χ0v) is 10.8. The first-order chi connectivity index (χ1) is 8.11. The first kappa shape index (κ1) is 13.6. The van der Waals surface area contributed by atoms with Crippen molar-refractivity contribution in [3.8, 4) is 0 Å². The average molecular weight is 237 g/mol. The normalized spacial score (nSPS) is 14.1. The van der Waals surface area contributed by atoms with E-state index >= 15 is 0 Å². The molecule has 0 aliphatic carbocycles. The molecule has 2 unspecified atom stereocenters. The smallest absolute Gasteiger partial charge is 0.258 e. The fourth-order valence-corrected chi connectivity index (χ4v) is 1.54. The summed E-state index contributed by atoms with van der Waals surface area (Å²) in [7, 11) is 3.21. The van der Waals surface area contributed by atoms with Crippen molar-refractivity contribution in [3.05, 3.63) is 18.5 Å². The summed E-state index contributed by atoms with van der Waals surface area (Å²) in [6.07, 6.45) is 3.65. The van der Waals surface area contributed by atoms with E-state index in [0.717, 1.165) is 6.42 Å². The number of methoxy groups -OCH3 is 1. The number of nitrogens with zero attached hydrogens (tertiary/aromatic N) is 3. The molecule has 17 heavy (non-hydrogen) atoms. The van der Waals surface area contributed by atoms with Crippen LogP contribution in [0.25, 0.3) is 0 Å². The fourth-order valence-electron chi connectivity index (χ4n) is 1.54. The summed E-state index contributed by atoms with van der Waals surface area (Å²) in [5.74, 6) is 0.439. The maximum Gasteiger partial charge on any atom is 0.258 e. The van der Waals surface area contributed by atoms with Gasteiger partial charge in [-0.25, -0.2) is 9.97 Å². The minimum absolute atomic E-state index is 0.118. The molecule has 94 valence electrons. The first-order valence-electron chi connectivity index (χ1n) is 5.69. The Hall–Kier alpha value is -1.49. The zero-order valence-electron chi connectivity index (χ0n) is 10.8. The second-order valence-corrected chi connectivity index (χ2v) is 3.99. The lowest BCUT2D eigenvalue weighted by Crippen LogP contribution is -2.41. The van der Waals surface area contributed by atoms with Crippen LogP contribution in [0, 0.1) is 5.92 Å². The molecule has 1 amide bonds. The van der Waals surface area contributed by atoms with Gasteiger partial charge in [-0.1, -0.05) is 20.3 Å². The van der Waals surface area contributed by atoms with E-state index in [0.29, 0.717) is 5.95 Å². The maximum atomic E-state index is 12.2. The molecule has 0 N–H and O–H groups in total. The summed E-state index contributed by atoms with van der Waals surface area (Å²) < 4.78 is 5.26. The van der Waals surface area contributed by atoms with Crippen LogP contribution >= 0.6 is 0 Å². The molecule has 5 heteroatoms. The topological polar surface area (TPSA) is 55.3 Å². The molecule has 0 fully saturated rings.